The third kappa shape index (κ3) is 6.57. The molecule has 2 rings (SSSR count). The summed E-state index contributed by atoms with van der Waals surface area (Å²) in [6.45, 7) is 5.47. The lowest BCUT2D eigenvalue weighted by Crippen LogP contribution is -2.31. The highest BCUT2D eigenvalue weighted by molar-refractivity contribution is 5.81. The molecule has 0 radical (unpaired) electrons. The molecule has 0 heterocycles. The van der Waals surface area contributed by atoms with Gasteiger partial charge in [-0.25, -0.2) is 4.79 Å². The Morgan fingerprint density at radius 2 is 1.62 bits per heavy atom. The average Bonchev–Trinajstić information content (AvgIpc) is 2.82. The first-order chi connectivity index (χ1) is 15.3. The number of rotatable bonds is 10. The van der Waals surface area contributed by atoms with E-state index in [0.717, 1.165) is 32.1 Å². The lowest BCUT2D eigenvalue weighted by atomic mass is 9.69. The standard InChI is InChI=1S/C26H34N2O4/c1-4-6-7-8-15-26(19-28)16-13-20(14-17-26)23(29)31-21-9-11-22(12-10-21)32-24(30)25(3,5-2)18-27/h9-12,20H,4-8,13-17H2,1-3H3. The minimum Gasteiger partial charge on any atom is -0.426 e. The Labute approximate surface area is 191 Å². The Bertz CT molecular complexity index is 857. The zero-order valence-electron chi connectivity index (χ0n) is 19.5. The quantitative estimate of drug-likeness (QED) is 0.248. The number of ether oxygens (including phenoxy) is 2. The molecule has 0 aromatic heterocycles. The van der Waals surface area contributed by atoms with E-state index in [2.05, 4.69) is 13.0 Å². The zero-order chi connectivity index (χ0) is 23.6. The normalized spacial score (nSPS) is 22.1. The van der Waals surface area contributed by atoms with E-state index in [1.54, 1.807) is 38.1 Å². The van der Waals surface area contributed by atoms with Crippen molar-refractivity contribution < 1.29 is 19.1 Å². The van der Waals surface area contributed by atoms with Crippen LogP contribution in [0, 0.1) is 39.4 Å². The van der Waals surface area contributed by atoms with Crippen LogP contribution in [0.1, 0.15) is 85.0 Å². The highest BCUT2D eigenvalue weighted by atomic mass is 16.5. The molecule has 32 heavy (non-hydrogen) atoms. The van der Waals surface area contributed by atoms with Crippen molar-refractivity contribution in [2.75, 3.05) is 0 Å². The topological polar surface area (TPSA) is 100 Å². The van der Waals surface area contributed by atoms with Crippen molar-refractivity contribution in [3.8, 4) is 23.6 Å². The van der Waals surface area contributed by atoms with Gasteiger partial charge in [0, 0.05) is 0 Å². The van der Waals surface area contributed by atoms with Gasteiger partial charge in [-0.2, -0.15) is 10.5 Å². The molecule has 0 saturated heterocycles. The van der Waals surface area contributed by atoms with Gasteiger partial charge in [-0.1, -0.05) is 39.5 Å². The van der Waals surface area contributed by atoms with Gasteiger partial charge >= 0.3 is 11.9 Å². The average molecular weight is 439 g/mol. The minimum absolute atomic E-state index is 0.203. The van der Waals surface area contributed by atoms with Crippen LogP contribution in [0.4, 0.5) is 0 Å². The number of hydrogen-bond donors (Lipinski definition) is 0. The fraction of sp³-hybridized carbons (Fsp3) is 0.615. The van der Waals surface area contributed by atoms with Gasteiger partial charge in [-0.3, -0.25) is 4.79 Å². The van der Waals surface area contributed by atoms with Crippen LogP contribution in [0.15, 0.2) is 24.3 Å². The highest BCUT2D eigenvalue weighted by Crippen LogP contribution is 2.42. The Morgan fingerprint density at radius 1 is 1.03 bits per heavy atom. The number of hydrogen-bond acceptors (Lipinski definition) is 6. The number of benzene rings is 1. The predicted octanol–water partition coefficient (Wildman–Crippen LogP) is 6.11. The van der Waals surface area contributed by atoms with E-state index < -0.39 is 11.4 Å². The molecule has 0 spiro atoms. The predicted molar refractivity (Wildman–Crippen MR) is 120 cm³/mol. The molecule has 1 aromatic carbocycles. The summed E-state index contributed by atoms with van der Waals surface area (Å²) in [6.07, 6.45) is 8.67. The maximum atomic E-state index is 12.6. The second-order valence-electron chi connectivity index (χ2n) is 9.06. The van der Waals surface area contributed by atoms with Gasteiger partial charge in [0.2, 0.25) is 0 Å². The first-order valence-corrected chi connectivity index (χ1v) is 11.7. The van der Waals surface area contributed by atoms with Crippen LogP contribution in [-0.4, -0.2) is 11.9 Å². The van der Waals surface area contributed by atoms with Gasteiger partial charge in [-0.05, 0) is 69.7 Å². The lowest BCUT2D eigenvalue weighted by molar-refractivity contribution is -0.142. The minimum atomic E-state index is -1.19. The number of nitrogens with zero attached hydrogens (tertiary/aromatic N) is 2. The number of esters is 2. The monoisotopic (exact) mass is 438 g/mol. The second-order valence-corrected chi connectivity index (χ2v) is 9.06. The molecule has 1 unspecified atom stereocenters. The van der Waals surface area contributed by atoms with E-state index in [1.165, 1.54) is 12.8 Å². The molecule has 0 aliphatic heterocycles. The van der Waals surface area contributed by atoms with E-state index in [0.29, 0.717) is 30.8 Å². The summed E-state index contributed by atoms with van der Waals surface area (Å²) in [5.41, 5.74) is -1.49. The smallest absolute Gasteiger partial charge is 0.331 e. The summed E-state index contributed by atoms with van der Waals surface area (Å²) < 4.78 is 10.8. The molecule has 1 aliphatic rings. The van der Waals surface area contributed by atoms with E-state index in [1.807, 2.05) is 6.07 Å². The fourth-order valence-corrected chi connectivity index (χ4v) is 3.98. The van der Waals surface area contributed by atoms with Crippen LogP contribution in [0.25, 0.3) is 0 Å². The van der Waals surface area contributed by atoms with Crippen LogP contribution in [-0.2, 0) is 9.59 Å². The van der Waals surface area contributed by atoms with Gasteiger partial charge in [0.15, 0.2) is 5.41 Å². The summed E-state index contributed by atoms with van der Waals surface area (Å²) in [4.78, 5) is 24.8. The zero-order valence-corrected chi connectivity index (χ0v) is 19.5. The Balaban J connectivity index is 1.87. The molecule has 0 N–H and O–H groups in total. The molecular weight excluding hydrogens is 404 g/mol. The van der Waals surface area contributed by atoms with Crippen molar-refractivity contribution in [1.29, 1.82) is 10.5 Å². The molecule has 6 nitrogen and oxygen atoms in total. The fourth-order valence-electron chi connectivity index (χ4n) is 3.98. The molecule has 0 amide bonds. The lowest BCUT2D eigenvalue weighted by Gasteiger charge is -2.34. The number of carbonyl (C=O) groups is 2. The van der Waals surface area contributed by atoms with Crippen molar-refractivity contribution in [3.05, 3.63) is 24.3 Å². The SMILES string of the molecule is CCCCCCC1(C#N)CCC(C(=O)Oc2ccc(OC(=O)C(C)(C#N)CC)cc2)CC1. The molecule has 1 aromatic rings. The summed E-state index contributed by atoms with van der Waals surface area (Å²) in [5.74, 6) is -0.416. The van der Waals surface area contributed by atoms with Crippen LogP contribution in [0.3, 0.4) is 0 Å². The summed E-state index contributed by atoms with van der Waals surface area (Å²) in [7, 11) is 0. The van der Waals surface area contributed by atoms with Crippen LogP contribution in [0.5, 0.6) is 11.5 Å². The van der Waals surface area contributed by atoms with E-state index >= 15 is 0 Å². The van der Waals surface area contributed by atoms with Crippen molar-refractivity contribution in [3.63, 3.8) is 0 Å². The Hall–Kier alpha value is -2.86. The van der Waals surface area contributed by atoms with Gasteiger partial charge in [0.1, 0.15) is 11.5 Å². The number of nitriles is 2. The summed E-state index contributed by atoms with van der Waals surface area (Å²) in [5, 5.41) is 18.9. The van der Waals surface area contributed by atoms with Gasteiger partial charge < -0.3 is 9.47 Å². The first-order valence-electron chi connectivity index (χ1n) is 11.7. The van der Waals surface area contributed by atoms with E-state index in [-0.39, 0.29) is 17.3 Å². The molecule has 1 fully saturated rings. The molecule has 1 atom stereocenters. The molecular formula is C26H34N2O4. The molecule has 172 valence electrons. The van der Waals surface area contributed by atoms with E-state index in [9.17, 15) is 20.1 Å². The maximum absolute atomic E-state index is 12.6. The molecule has 6 heteroatoms. The summed E-state index contributed by atoms with van der Waals surface area (Å²) in [6, 6.07) is 10.8. The Morgan fingerprint density at radius 3 is 2.12 bits per heavy atom. The van der Waals surface area contributed by atoms with E-state index in [4.69, 9.17) is 9.47 Å². The number of carbonyl (C=O) groups excluding carboxylic acids is 2. The number of unbranched alkanes of at least 4 members (excludes halogenated alkanes) is 3. The van der Waals surface area contributed by atoms with Crippen molar-refractivity contribution in [1.82, 2.24) is 0 Å². The summed E-state index contributed by atoms with van der Waals surface area (Å²) >= 11 is 0. The van der Waals surface area contributed by atoms with Crippen LogP contribution in [0.2, 0.25) is 0 Å². The van der Waals surface area contributed by atoms with Crippen LogP contribution < -0.4 is 9.47 Å². The first kappa shape index (κ1) is 25.4. The maximum Gasteiger partial charge on any atom is 0.331 e. The van der Waals surface area contributed by atoms with Crippen molar-refractivity contribution >= 4 is 11.9 Å². The largest absolute Gasteiger partial charge is 0.426 e. The highest BCUT2D eigenvalue weighted by Gasteiger charge is 2.38. The van der Waals surface area contributed by atoms with Crippen molar-refractivity contribution in [2.24, 2.45) is 16.7 Å². The molecule has 1 saturated carbocycles. The van der Waals surface area contributed by atoms with Crippen LogP contribution >= 0.6 is 0 Å². The van der Waals surface area contributed by atoms with Gasteiger partial charge in [-0.15, -0.1) is 0 Å². The van der Waals surface area contributed by atoms with Gasteiger partial charge in [0.25, 0.3) is 0 Å². The molecule has 0 bridgehead atoms. The third-order valence-electron chi connectivity index (χ3n) is 6.68. The third-order valence-corrected chi connectivity index (χ3v) is 6.68. The molecule has 1 aliphatic carbocycles. The Kier molecular flexibility index (Phi) is 9.27. The second kappa shape index (κ2) is 11.7. The van der Waals surface area contributed by atoms with Crippen molar-refractivity contribution in [2.45, 2.75) is 85.0 Å². The van der Waals surface area contributed by atoms with Gasteiger partial charge in [0.05, 0.1) is 23.5 Å².